The minimum atomic E-state index is -0.364. The number of hydrogen-bond acceptors (Lipinski definition) is 3. The number of nitrogens with one attached hydrogen (secondary N) is 2. The quantitative estimate of drug-likeness (QED) is 0.799. The first-order valence-corrected chi connectivity index (χ1v) is 8.20. The molecule has 0 aromatic rings. The minimum Gasteiger partial charge on any atom is -0.351 e. The van der Waals surface area contributed by atoms with Gasteiger partial charge in [-0.1, -0.05) is 13.8 Å². The molecule has 0 aromatic carbocycles. The molecule has 5 heteroatoms. The van der Waals surface area contributed by atoms with E-state index < -0.39 is 0 Å². The molecule has 2 atom stereocenters. The van der Waals surface area contributed by atoms with Crippen LogP contribution in [0.2, 0.25) is 0 Å². The summed E-state index contributed by atoms with van der Waals surface area (Å²) in [6.45, 7) is 9.49. The van der Waals surface area contributed by atoms with Gasteiger partial charge in [0.1, 0.15) is 0 Å². The van der Waals surface area contributed by atoms with E-state index in [1.807, 2.05) is 25.7 Å². The highest BCUT2D eigenvalue weighted by Gasteiger charge is 2.37. The van der Waals surface area contributed by atoms with E-state index in [1.165, 1.54) is 0 Å². The van der Waals surface area contributed by atoms with Gasteiger partial charge in [0.25, 0.3) is 0 Å². The summed E-state index contributed by atoms with van der Waals surface area (Å²) >= 11 is 0. The number of carbonyl (C=O) groups excluding carboxylic acids is 2. The fourth-order valence-corrected chi connectivity index (χ4v) is 3.34. The first kappa shape index (κ1) is 16.3. The van der Waals surface area contributed by atoms with Crippen molar-refractivity contribution >= 4 is 11.8 Å². The molecule has 0 bridgehead atoms. The third-order valence-electron chi connectivity index (χ3n) is 4.95. The normalized spacial score (nSPS) is 25.0. The summed E-state index contributed by atoms with van der Waals surface area (Å²) in [5.74, 6) is 0.703. The van der Waals surface area contributed by atoms with Gasteiger partial charge >= 0.3 is 0 Å². The number of rotatable bonds is 5. The van der Waals surface area contributed by atoms with Gasteiger partial charge in [0.2, 0.25) is 11.8 Å². The highest BCUT2D eigenvalue weighted by Crippen LogP contribution is 2.32. The fourth-order valence-electron chi connectivity index (χ4n) is 3.34. The Morgan fingerprint density at radius 2 is 2.24 bits per heavy atom. The molecule has 0 spiro atoms. The van der Waals surface area contributed by atoms with Crippen LogP contribution < -0.4 is 10.6 Å². The van der Waals surface area contributed by atoms with Crippen molar-refractivity contribution in [2.75, 3.05) is 26.2 Å². The highest BCUT2D eigenvalue weighted by molar-refractivity contribution is 5.82. The summed E-state index contributed by atoms with van der Waals surface area (Å²) < 4.78 is 0. The van der Waals surface area contributed by atoms with Gasteiger partial charge in [0, 0.05) is 31.0 Å². The lowest BCUT2D eigenvalue weighted by molar-refractivity contribution is -0.134. The SMILES string of the molecule is CC(CN1CCCC1=O)NC(=O)C(C)(C)C1CCCNC1. The molecule has 2 saturated heterocycles. The van der Waals surface area contributed by atoms with Crippen molar-refractivity contribution in [3.05, 3.63) is 0 Å². The number of nitrogens with zero attached hydrogens (tertiary/aromatic N) is 1. The van der Waals surface area contributed by atoms with Gasteiger partial charge in [-0.2, -0.15) is 0 Å². The molecule has 2 N–H and O–H groups in total. The Bertz CT molecular complexity index is 389. The lowest BCUT2D eigenvalue weighted by atomic mass is 9.74. The van der Waals surface area contributed by atoms with Crippen LogP contribution in [0.5, 0.6) is 0 Å². The number of hydrogen-bond donors (Lipinski definition) is 2. The second-order valence-corrected chi connectivity index (χ2v) is 7.08. The molecule has 2 fully saturated rings. The molecule has 2 amide bonds. The molecule has 2 aliphatic heterocycles. The van der Waals surface area contributed by atoms with E-state index in [-0.39, 0.29) is 23.3 Å². The predicted octanol–water partition coefficient (Wildman–Crippen LogP) is 1.14. The molecule has 0 aromatic heterocycles. The van der Waals surface area contributed by atoms with Gasteiger partial charge in [-0.15, -0.1) is 0 Å². The standard InChI is InChI=1S/C16H29N3O2/c1-12(11-19-9-5-7-14(19)20)18-15(21)16(2,3)13-6-4-8-17-10-13/h12-13,17H,4-11H2,1-3H3,(H,18,21). The zero-order valence-electron chi connectivity index (χ0n) is 13.6. The molecule has 2 aliphatic rings. The third-order valence-corrected chi connectivity index (χ3v) is 4.95. The van der Waals surface area contributed by atoms with Gasteiger partial charge in [-0.05, 0) is 45.2 Å². The molecule has 21 heavy (non-hydrogen) atoms. The average molecular weight is 295 g/mol. The second kappa shape index (κ2) is 6.77. The van der Waals surface area contributed by atoms with E-state index in [4.69, 9.17) is 0 Å². The van der Waals surface area contributed by atoms with Crippen molar-refractivity contribution in [1.29, 1.82) is 0 Å². The topological polar surface area (TPSA) is 61.4 Å². The summed E-state index contributed by atoms with van der Waals surface area (Å²) in [5.41, 5.74) is -0.364. The Kier molecular flexibility index (Phi) is 5.25. The summed E-state index contributed by atoms with van der Waals surface area (Å²) in [6.07, 6.45) is 3.84. The Labute approximate surface area is 127 Å². The summed E-state index contributed by atoms with van der Waals surface area (Å²) in [6, 6.07) is 0.00961. The lowest BCUT2D eigenvalue weighted by Gasteiger charge is -2.37. The number of piperidine rings is 1. The molecular formula is C16H29N3O2. The molecule has 0 radical (unpaired) electrons. The first-order valence-electron chi connectivity index (χ1n) is 8.20. The van der Waals surface area contributed by atoms with Gasteiger partial charge in [0.05, 0.1) is 0 Å². The molecule has 2 heterocycles. The molecule has 2 rings (SSSR count). The Balaban J connectivity index is 1.85. The smallest absolute Gasteiger partial charge is 0.226 e. The van der Waals surface area contributed by atoms with Crippen LogP contribution in [0.4, 0.5) is 0 Å². The number of carbonyl (C=O) groups is 2. The minimum absolute atomic E-state index is 0.00961. The lowest BCUT2D eigenvalue weighted by Crippen LogP contribution is -2.51. The maximum absolute atomic E-state index is 12.6. The van der Waals surface area contributed by atoms with Crippen molar-refractivity contribution in [3.63, 3.8) is 0 Å². The number of amides is 2. The Morgan fingerprint density at radius 3 is 2.81 bits per heavy atom. The van der Waals surface area contributed by atoms with Crippen molar-refractivity contribution in [3.8, 4) is 0 Å². The Morgan fingerprint density at radius 1 is 1.48 bits per heavy atom. The van der Waals surface area contributed by atoms with Crippen LogP contribution in [0.25, 0.3) is 0 Å². The maximum Gasteiger partial charge on any atom is 0.226 e. The van der Waals surface area contributed by atoms with E-state index in [0.717, 1.165) is 38.9 Å². The van der Waals surface area contributed by atoms with E-state index >= 15 is 0 Å². The molecule has 120 valence electrons. The van der Waals surface area contributed by atoms with E-state index in [1.54, 1.807) is 0 Å². The van der Waals surface area contributed by atoms with Crippen molar-refractivity contribution in [2.24, 2.45) is 11.3 Å². The molecule has 2 unspecified atom stereocenters. The molecule has 0 saturated carbocycles. The van der Waals surface area contributed by atoms with Gasteiger partial charge < -0.3 is 15.5 Å². The van der Waals surface area contributed by atoms with Crippen molar-refractivity contribution in [2.45, 2.75) is 52.5 Å². The van der Waals surface area contributed by atoms with Gasteiger partial charge in [-0.3, -0.25) is 9.59 Å². The summed E-state index contributed by atoms with van der Waals surface area (Å²) in [5, 5.41) is 6.49. The molecule has 5 nitrogen and oxygen atoms in total. The summed E-state index contributed by atoms with van der Waals surface area (Å²) in [4.78, 5) is 26.1. The van der Waals surface area contributed by atoms with E-state index in [0.29, 0.717) is 18.9 Å². The predicted molar refractivity (Wildman–Crippen MR) is 82.8 cm³/mol. The van der Waals surface area contributed by atoms with Crippen LogP contribution in [0, 0.1) is 11.3 Å². The van der Waals surface area contributed by atoms with Crippen LogP contribution in [-0.2, 0) is 9.59 Å². The third kappa shape index (κ3) is 3.96. The second-order valence-electron chi connectivity index (χ2n) is 7.08. The fraction of sp³-hybridized carbons (Fsp3) is 0.875. The zero-order chi connectivity index (χ0) is 15.5. The van der Waals surface area contributed by atoms with Crippen LogP contribution in [0.15, 0.2) is 0 Å². The van der Waals surface area contributed by atoms with E-state index in [9.17, 15) is 9.59 Å². The Hall–Kier alpha value is -1.10. The average Bonchev–Trinajstić information content (AvgIpc) is 2.85. The van der Waals surface area contributed by atoms with Crippen LogP contribution in [0.3, 0.4) is 0 Å². The highest BCUT2D eigenvalue weighted by atomic mass is 16.2. The van der Waals surface area contributed by atoms with Gasteiger partial charge in [0.15, 0.2) is 0 Å². The van der Waals surface area contributed by atoms with Crippen molar-refractivity contribution in [1.82, 2.24) is 15.5 Å². The number of likely N-dealkylation sites (tertiary alicyclic amines) is 1. The van der Waals surface area contributed by atoms with Crippen molar-refractivity contribution < 1.29 is 9.59 Å². The maximum atomic E-state index is 12.6. The molecular weight excluding hydrogens is 266 g/mol. The first-order chi connectivity index (χ1) is 9.91. The molecule has 0 aliphatic carbocycles. The van der Waals surface area contributed by atoms with Crippen LogP contribution in [0.1, 0.15) is 46.5 Å². The largest absolute Gasteiger partial charge is 0.351 e. The van der Waals surface area contributed by atoms with E-state index in [2.05, 4.69) is 10.6 Å². The van der Waals surface area contributed by atoms with Crippen LogP contribution >= 0.6 is 0 Å². The van der Waals surface area contributed by atoms with Crippen LogP contribution in [-0.4, -0.2) is 48.9 Å². The monoisotopic (exact) mass is 295 g/mol. The van der Waals surface area contributed by atoms with Gasteiger partial charge in [-0.25, -0.2) is 0 Å². The zero-order valence-corrected chi connectivity index (χ0v) is 13.6. The summed E-state index contributed by atoms with van der Waals surface area (Å²) in [7, 11) is 0.